The number of thioether (sulfide) groups is 1. The molecule has 0 fully saturated rings. The summed E-state index contributed by atoms with van der Waals surface area (Å²) in [5, 5.41) is 4.57. The second kappa shape index (κ2) is 7.66. The van der Waals surface area contributed by atoms with Gasteiger partial charge >= 0.3 is 5.51 Å². The standard InChI is InChI=1S/C20H22F3N3OS/c1-5-13(6-2)15-11-12(3)26-17(15)19(27)25(4)18(24-26)14-9-7-8-10-16(14)28-20(21,22)23/h7-11,13H,5-6H2,1-4H3. The molecule has 28 heavy (non-hydrogen) atoms. The summed E-state index contributed by atoms with van der Waals surface area (Å²) in [6.45, 7) is 6.00. The molecule has 0 atom stereocenters. The van der Waals surface area contributed by atoms with E-state index in [0.29, 0.717) is 5.52 Å². The molecule has 2 aromatic heterocycles. The van der Waals surface area contributed by atoms with Crippen molar-refractivity contribution in [1.29, 1.82) is 0 Å². The SMILES string of the molecule is CCC(CC)c1cc(C)n2nc(-c3ccccc3SC(F)(F)F)n(C)c(=O)c12. The van der Waals surface area contributed by atoms with Gasteiger partial charge in [-0.25, -0.2) is 4.52 Å². The molecule has 0 bridgehead atoms. The third-order valence-electron chi connectivity index (χ3n) is 4.98. The molecular weight excluding hydrogens is 387 g/mol. The zero-order chi connectivity index (χ0) is 20.6. The summed E-state index contributed by atoms with van der Waals surface area (Å²) < 4.78 is 41.8. The first-order chi connectivity index (χ1) is 13.2. The zero-order valence-corrected chi connectivity index (χ0v) is 17.0. The van der Waals surface area contributed by atoms with Gasteiger partial charge < -0.3 is 0 Å². The van der Waals surface area contributed by atoms with Gasteiger partial charge in [0.2, 0.25) is 0 Å². The molecule has 0 amide bonds. The molecule has 0 spiro atoms. The summed E-state index contributed by atoms with van der Waals surface area (Å²) >= 11 is -0.201. The van der Waals surface area contributed by atoms with E-state index < -0.39 is 5.51 Å². The van der Waals surface area contributed by atoms with Gasteiger partial charge in [-0.2, -0.15) is 13.2 Å². The molecule has 8 heteroatoms. The van der Waals surface area contributed by atoms with Gasteiger partial charge in [-0.05, 0) is 55.1 Å². The Kier molecular flexibility index (Phi) is 5.61. The summed E-state index contributed by atoms with van der Waals surface area (Å²) in [5.41, 5.74) is -2.17. The fourth-order valence-electron chi connectivity index (χ4n) is 3.55. The fourth-order valence-corrected chi connectivity index (χ4v) is 4.22. The highest BCUT2D eigenvalue weighted by molar-refractivity contribution is 8.00. The third-order valence-corrected chi connectivity index (χ3v) is 5.79. The zero-order valence-electron chi connectivity index (χ0n) is 16.2. The van der Waals surface area contributed by atoms with E-state index >= 15 is 0 Å². The summed E-state index contributed by atoms with van der Waals surface area (Å²) in [7, 11) is 1.55. The number of rotatable bonds is 5. The van der Waals surface area contributed by atoms with Gasteiger partial charge in [0.05, 0.1) is 0 Å². The van der Waals surface area contributed by atoms with E-state index in [1.807, 2.05) is 13.0 Å². The van der Waals surface area contributed by atoms with Crippen molar-refractivity contribution in [3.8, 4) is 11.4 Å². The predicted molar refractivity (Wildman–Crippen MR) is 106 cm³/mol. The molecular formula is C20H22F3N3OS. The van der Waals surface area contributed by atoms with Crippen molar-refractivity contribution in [2.45, 2.75) is 49.9 Å². The average molecular weight is 409 g/mol. The molecule has 0 aliphatic carbocycles. The van der Waals surface area contributed by atoms with Crippen molar-refractivity contribution in [3.63, 3.8) is 0 Å². The highest BCUT2D eigenvalue weighted by Gasteiger charge is 2.31. The maximum Gasteiger partial charge on any atom is 0.446 e. The summed E-state index contributed by atoms with van der Waals surface area (Å²) in [6, 6.07) is 8.09. The first-order valence-electron chi connectivity index (χ1n) is 9.12. The lowest BCUT2D eigenvalue weighted by atomic mass is 9.95. The van der Waals surface area contributed by atoms with Gasteiger partial charge in [0.1, 0.15) is 5.52 Å². The normalized spacial score (nSPS) is 12.3. The van der Waals surface area contributed by atoms with Gasteiger partial charge in [0, 0.05) is 23.2 Å². The van der Waals surface area contributed by atoms with Crippen molar-refractivity contribution in [3.05, 3.63) is 51.9 Å². The van der Waals surface area contributed by atoms with Gasteiger partial charge in [0.25, 0.3) is 5.56 Å². The van der Waals surface area contributed by atoms with Crippen molar-refractivity contribution in [2.24, 2.45) is 7.05 Å². The molecule has 2 heterocycles. The smallest absolute Gasteiger partial charge is 0.292 e. The minimum atomic E-state index is -4.43. The lowest BCUT2D eigenvalue weighted by molar-refractivity contribution is -0.0328. The molecule has 0 radical (unpaired) electrons. The Morgan fingerprint density at radius 3 is 2.43 bits per heavy atom. The van der Waals surface area contributed by atoms with Crippen LogP contribution in [0.2, 0.25) is 0 Å². The van der Waals surface area contributed by atoms with E-state index in [1.54, 1.807) is 29.8 Å². The minimum Gasteiger partial charge on any atom is -0.292 e. The quantitative estimate of drug-likeness (QED) is 0.521. The lowest BCUT2D eigenvalue weighted by Gasteiger charge is -2.15. The Morgan fingerprint density at radius 2 is 1.82 bits per heavy atom. The Balaban J connectivity index is 2.28. The second-order valence-electron chi connectivity index (χ2n) is 6.75. The largest absolute Gasteiger partial charge is 0.446 e. The average Bonchev–Trinajstić information content (AvgIpc) is 2.95. The van der Waals surface area contributed by atoms with Crippen LogP contribution in [0.15, 0.2) is 40.0 Å². The van der Waals surface area contributed by atoms with Gasteiger partial charge in [-0.15, -0.1) is 5.10 Å². The summed E-state index contributed by atoms with van der Waals surface area (Å²) in [4.78, 5) is 13.2. The Bertz CT molecular complexity index is 1060. The molecule has 0 saturated carbocycles. The minimum absolute atomic E-state index is 0.0156. The van der Waals surface area contributed by atoms with Crippen LogP contribution in [-0.2, 0) is 7.05 Å². The van der Waals surface area contributed by atoms with Crippen LogP contribution in [0.25, 0.3) is 16.9 Å². The Labute approximate surface area is 165 Å². The third kappa shape index (κ3) is 3.70. The number of aryl methyl sites for hydroxylation is 1. The first kappa shape index (κ1) is 20.5. The van der Waals surface area contributed by atoms with E-state index in [9.17, 15) is 18.0 Å². The van der Waals surface area contributed by atoms with Crippen LogP contribution >= 0.6 is 11.8 Å². The van der Waals surface area contributed by atoms with E-state index in [-0.39, 0.29) is 39.5 Å². The summed E-state index contributed by atoms with van der Waals surface area (Å²) in [6.07, 6.45) is 1.79. The molecule has 0 N–H and O–H groups in total. The highest BCUT2D eigenvalue weighted by atomic mass is 32.2. The number of fused-ring (bicyclic) bond motifs is 1. The van der Waals surface area contributed by atoms with Gasteiger partial charge in [-0.3, -0.25) is 9.36 Å². The molecule has 0 saturated heterocycles. The van der Waals surface area contributed by atoms with E-state index in [1.165, 1.54) is 10.6 Å². The van der Waals surface area contributed by atoms with Gasteiger partial charge in [-0.1, -0.05) is 32.0 Å². The van der Waals surface area contributed by atoms with Gasteiger partial charge in [0.15, 0.2) is 5.82 Å². The number of nitrogens with zero attached hydrogens (tertiary/aromatic N) is 3. The maximum absolute atomic E-state index is 13.2. The number of alkyl halides is 3. The second-order valence-corrected chi connectivity index (χ2v) is 7.85. The van der Waals surface area contributed by atoms with Crippen molar-refractivity contribution in [1.82, 2.24) is 14.2 Å². The van der Waals surface area contributed by atoms with Crippen LogP contribution in [0.4, 0.5) is 13.2 Å². The summed E-state index contributed by atoms with van der Waals surface area (Å²) in [5.74, 6) is 0.441. The molecule has 0 unspecified atom stereocenters. The number of hydrogen-bond donors (Lipinski definition) is 0. The fraction of sp³-hybridized carbons (Fsp3) is 0.400. The number of benzene rings is 1. The highest BCUT2D eigenvalue weighted by Crippen LogP contribution is 2.41. The van der Waals surface area contributed by atoms with E-state index in [2.05, 4.69) is 18.9 Å². The molecule has 4 nitrogen and oxygen atoms in total. The molecule has 0 aliphatic heterocycles. The van der Waals surface area contributed by atoms with Crippen LogP contribution < -0.4 is 5.56 Å². The molecule has 150 valence electrons. The van der Waals surface area contributed by atoms with Crippen LogP contribution in [0.5, 0.6) is 0 Å². The van der Waals surface area contributed by atoms with Crippen LogP contribution in [-0.4, -0.2) is 19.7 Å². The predicted octanol–water partition coefficient (Wildman–Crippen LogP) is 5.52. The van der Waals surface area contributed by atoms with E-state index in [0.717, 1.165) is 24.1 Å². The van der Waals surface area contributed by atoms with Crippen LogP contribution in [0.3, 0.4) is 0 Å². The molecule has 3 rings (SSSR count). The Morgan fingerprint density at radius 1 is 1.18 bits per heavy atom. The number of aromatic nitrogens is 3. The first-order valence-corrected chi connectivity index (χ1v) is 9.94. The van der Waals surface area contributed by atoms with Crippen molar-refractivity contribution < 1.29 is 13.2 Å². The molecule has 0 aliphatic rings. The number of halogens is 3. The van der Waals surface area contributed by atoms with E-state index in [4.69, 9.17) is 0 Å². The lowest BCUT2D eigenvalue weighted by Crippen LogP contribution is -2.24. The maximum atomic E-state index is 13.2. The van der Waals surface area contributed by atoms with Crippen molar-refractivity contribution in [2.75, 3.05) is 0 Å². The van der Waals surface area contributed by atoms with Crippen molar-refractivity contribution >= 4 is 17.3 Å². The molecule has 1 aromatic carbocycles. The molecule has 3 aromatic rings. The Hall–Kier alpha value is -2.22. The van der Waals surface area contributed by atoms with Crippen LogP contribution in [0, 0.1) is 6.92 Å². The number of hydrogen-bond acceptors (Lipinski definition) is 3. The topological polar surface area (TPSA) is 39.3 Å². The monoisotopic (exact) mass is 409 g/mol. The van der Waals surface area contributed by atoms with Crippen LogP contribution in [0.1, 0.15) is 43.9 Å².